The molecule has 1 rings (SSSR count). The molecule has 1 saturated heterocycles. The summed E-state index contributed by atoms with van der Waals surface area (Å²) in [6.45, 7) is 3.82. The van der Waals surface area contributed by atoms with Crippen LogP contribution in [0.2, 0.25) is 0 Å². The summed E-state index contributed by atoms with van der Waals surface area (Å²) in [4.78, 5) is 11.7. The van der Waals surface area contributed by atoms with E-state index in [2.05, 4.69) is 0 Å². The summed E-state index contributed by atoms with van der Waals surface area (Å²) in [7, 11) is -0.953. The quantitative estimate of drug-likeness (QED) is 0.729. The Labute approximate surface area is 86.3 Å². The largest absolute Gasteiger partial charge is 0.297 e. The van der Waals surface area contributed by atoms with Gasteiger partial charge in [0.2, 0.25) is 0 Å². The predicted octanol–water partition coefficient (Wildman–Crippen LogP) is 1.96. The van der Waals surface area contributed by atoms with Crippen LogP contribution in [-0.4, -0.2) is 25.6 Å². The van der Waals surface area contributed by atoms with Crippen molar-refractivity contribution in [3.8, 4) is 0 Å². The van der Waals surface area contributed by atoms with Crippen LogP contribution in [0, 0.1) is 0 Å². The van der Waals surface area contributed by atoms with Gasteiger partial charge in [-0.05, 0) is 18.6 Å². The van der Waals surface area contributed by atoms with E-state index in [1.165, 1.54) is 0 Å². The molecule has 0 saturated carbocycles. The number of hydrogen-bond donors (Lipinski definition) is 0. The van der Waals surface area contributed by atoms with Crippen molar-refractivity contribution in [2.24, 2.45) is 0 Å². The van der Waals surface area contributed by atoms with E-state index in [9.17, 15) is 9.00 Å². The zero-order valence-electron chi connectivity index (χ0n) is 8.17. The SMILES string of the molecule is CCC(=O)[C@@]1(CC)SCCC[S@]1=O. The second-order valence-corrected chi connectivity index (χ2v) is 6.58. The molecule has 0 N–H and O–H groups in total. The second-order valence-electron chi connectivity index (χ2n) is 3.13. The van der Waals surface area contributed by atoms with E-state index in [1.54, 1.807) is 11.8 Å². The molecule has 0 amide bonds. The number of carbonyl (C=O) groups is 1. The fourth-order valence-electron chi connectivity index (χ4n) is 1.59. The van der Waals surface area contributed by atoms with E-state index in [-0.39, 0.29) is 5.78 Å². The smallest absolute Gasteiger partial charge is 0.161 e. The van der Waals surface area contributed by atoms with E-state index in [1.807, 2.05) is 13.8 Å². The van der Waals surface area contributed by atoms with E-state index in [0.29, 0.717) is 18.6 Å². The summed E-state index contributed by atoms with van der Waals surface area (Å²) < 4.78 is 11.3. The summed E-state index contributed by atoms with van der Waals surface area (Å²) in [5.74, 6) is 1.84. The second kappa shape index (κ2) is 4.60. The first-order valence-electron chi connectivity index (χ1n) is 4.73. The van der Waals surface area contributed by atoms with Gasteiger partial charge in [-0.2, -0.15) is 0 Å². The van der Waals surface area contributed by atoms with Gasteiger partial charge in [-0.3, -0.25) is 9.00 Å². The number of ketones is 1. The molecule has 13 heavy (non-hydrogen) atoms. The normalized spacial score (nSPS) is 34.5. The minimum Gasteiger partial charge on any atom is -0.297 e. The molecule has 0 aromatic carbocycles. The first kappa shape index (κ1) is 11.2. The first-order valence-corrected chi connectivity index (χ1v) is 7.03. The van der Waals surface area contributed by atoms with Gasteiger partial charge in [0.05, 0.1) is 0 Å². The molecule has 0 bridgehead atoms. The molecule has 0 radical (unpaired) electrons. The highest BCUT2D eigenvalue weighted by Gasteiger charge is 2.43. The third kappa shape index (κ3) is 1.99. The Balaban J connectivity index is 2.88. The van der Waals surface area contributed by atoms with Crippen molar-refractivity contribution in [1.82, 2.24) is 0 Å². The van der Waals surface area contributed by atoms with Gasteiger partial charge in [0, 0.05) is 23.0 Å². The van der Waals surface area contributed by atoms with Crippen LogP contribution in [0.4, 0.5) is 0 Å². The van der Waals surface area contributed by atoms with Crippen molar-refractivity contribution in [2.45, 2.75) is 37.2 Å². The maximum atomic E-state index is 11.8. The van der Waals surface area contributed by atoms with Gasteiger partial charge in [-0.1, -0.05) is 13.8 Å². The van der Waals surface area contributed by atoms with E-state index < -0.39 is 14.9 Å². The van der Waals surface area contributed by atoms with Crippen LogP contribution in [0.5, 0.6) is 0 Å². The molecule has 0 unspecified atom stereocenters. The van der Waals surface area contributed by atoms with Crippen molar-refractivity contribution < 1.29 is 9.00 Å². The Morgan fingerprint density at radius 1 is 1.54 bits per heavy atom. The van der Waals surface area contributed by atoms with Crippen LogP contribution in [0.1, 0.15) is 33.1 Å². The number of Topliss-reactive ketones (excluding diaryl/α,β-unsaturated/α-hetero) is 1. The lowest BCUT2D eigenvalue weighted by Crippen LogP contribution is -2.43. The Kier molecular flexibility index (Phi) is 3.98. The van der Waals surface area contributed by atoms with Gasteiger partial charge >= 0.3 is 0 Å². The van der Waals surface area contributed by atoms with E-state index in [4.69, 9.17) is 0 Å². The molecule has 0 aliphatic carbocycles. The summed E-state index contributed by atoms with van der Waals surface area (Å²) in [5, 5.41) is 0. The average molecular weight is 220 g/mol. The lowest BCUT2D eigenvalue weighted by Gasteiger charge is -2.32. The van der Waals surface area contributed by atoms with Gasteiger partial charge in [-0.25, -0.2) is 0 Å². The zero-order chi connectivity index (χ0) is 9.90. The molecular formula is C9H16O2S2. The van der Waals surface area contributed by atoms with Crippen molar-refractivity contribution in [3.63, 3.8) is 0 Å². The number of rotatable bonds is 3. The van der Waals surface area contributed by atoms with Gasteiger partial charge in [0.15, 0.2) is 5.78 Å². The third-order valence-corrected chi connectivity index (χ3v) is 6.69. The van der Waals surface area contributed by atoms with Gasteiger partial charge in [-0.15, -0.1) is 11.8 Å². The van der Waals surface area contributed by atoms with E-state index >= 15 is 0 Å². The van der Waals surface area contributed by atoms with Crippen LogP contribution in [0.25, 0.3) is 0 Å². The fraction of sp³-hybridized carbons (Fsp3) is 0.889. The summed E-state index contributed by atoms with van der Waals surface area (Å²) in [6, 6.07) is 0. The van der Waals surface area contributed by atoms with Gasteiger partial charge < -0.3 is 0 Å². The third-order valence-electron chi connectivity index (χ3n) is 2.39. The molecule has 76 valence electrons. The van der Waals surface area contributed by atoms with Crippen molar-refractivity contribution in [3.05, 3.63) is 0 Å². The Morgan fingerprint density at radius 2 is 2.23 bits per heavy atom. The topological polar surface area (TPSA) is 34.1 Å². The maximum Gasteiger partial charge on any atom is 0.161 e. The highest BCUT2D eigenvalue weighted by atomic mass is 32.2. The summed E-state index contributed by atoms with van der Waals surface area (Å²) in [5.41, 5.74) is 0. The monoisotopic (exact) mass is 220 g/mol. The molecule has 0 aromatic heterocycles. The number of hydrogen-bond acceptors (Lipinski definition) is 3. The van der Waals surface area contributed by atoms with Gasteiger partial charge in [0.25, 0.3) is 0 Å². The molecule has 1 fully saturated rings. The molecule has 2 atom stereocenters. The van der Waals surface area contributed by atoms with Crippen LogP contribution in [0.3, 0.4) is 0 Å². The first-order chi connectivity index (χ1) is 6.17. The average Bonchev–Trinajstić information content (AvgIpc) is 2.18. The Morgan fingerprint density at radius 3 is 2.69 bits per heavy atom. The summed E-state index contributed by atoms with van der Waals surface area (Å²) in [6.07, 6.45) is 2.19. The Bertz CT molecular complexity index is 218. The van der Waals surface area contributed by atoms with Crippen molar-refractivity contribution >= 4 is 28.3 Å². The lowest BCUT2D eigenvalue weighted by atomic mass is 10.2. The van der Waals surface area contributed by atoms with Gasteiger partial charge in [0.1, 0.15) is 4.08 Å². The van der Waals surface area contributed by atoms with E-state index in [0.717, 1.165) is 12.2 Å². The molecule has 2 nitrogen and oxygen atoms in total. The molecule has 4 heteroatoms. The van der Waals surface area contributed by atoms with Crippen molar-refractivity contribution in [1.29, 1.82) is 0 Å². The molecular weight excluding hydrogens is 204 g/mol. The number of thioether (sulfide) groups is 1. The molecule has 0 aromatic rings. The van der Waals surface area contributed by atoms with Crippen LogP contribution < -0.4 is 0 Å². The molecule has 1 aliphatic rings. The molecule has 0 spiro atoms. The van der Waals surface area contributed by atoms with Crippen molar-refractivity contribution in [2.75, 3.05) is 11.5 Å². The highest BCUT2D eigenvalue weighted by Crippen LogP contribution is 2.38. The Hall–Kier alpha value is 0.170. The molecule has 1 aliphatic heterocycles. The standard InChI is InChI=1S/C9H16O2S2/c1-3-8(10)9(4-2)12-6-5-7-13(9)11/h3-7H2,1-2H3/t9-,13+/m0/s1. The van der Waals surface area contributed by atoms with Crippen LogP contribution in [0.15, 0.2) is 0 Å². The lowest BCUT2D eigenvalue weighted by molar-refractivity contribution is -0.119. The zero-order valence-corrected chi connectivity index (χ0v) is 9.80. The van der Waals surface area contributed by atoms with Crippen LogP contribution in [-0.2, 0) is 15.6 Å². The minimum atomic E-state index is -0.953. The highest BCUT2D eigenvalue weighted by molar-refractivity contribution is 8.14. The van der Waals surface area contributed by atoms with Crippen LogP contribution >= 0.6 is 11.8 Å². The minimum absolute atomic E-state index is 0.165. The molecule has 1 heterocycles. The maximum absolute atomic E-state index is 11.8. The number of carbonyl (C=O) groups excluding carboxylic acids is 1. The predicted molar refractivity (Wildman–Crippen MR) is 58.4 cm³/mol. The summed E-state index contributed by atoms with van der Waals surface area (Å²) >= 11 is 1.60. The fourth-order valence-corrected chi connectivity index (χ4v) is 5.39.